The molecule has 2 aromatic carbocycles. The van der Waals surface area contributed by atoms with Gasteiger partial charge < -0.3 is 19.1 Å². The number of likely N-dealkylation sites (tertiary alicyclic amines) is 1. The third kappa shape index (κ3) is 3.90. The van der Waals surface area contributed by atoms with Gasteiger partial charge in [-0.3, -0.25) is 9.59 Å². The predicted molar refractivity (Wildman–Crippen MR) is 122 cm³/mol. The molecule has 0 unspecified atom stereocenters. The molecule has 0 atom stereocenters. The molecule has 0 aliphatic carbocycles. The van der Waals surface area contributed by atoms with Crippen molar-refractivity contribution in [1.29, 1.82) is 0 Å². The van der Waals surface area contributed by atoms with E-state index in [9.17, 15) is 9.59 Å². The summed E-state index contributed by atoms with van der Waals surface area (Å²) in [6, 6.07) is 12.4. The average Bonchev–Trinajstić information content (AvgIpc) is 3.09. The molecule has 1 fully saturated rings. The molecule has 0 bridgehead atoms. The fourth-order valence-electron chi connectivity index (χ4n) is 4.29. The Labute approximate surface area is 188 Å². The van der Waals surface area contributed by atoms with Gasteiger partial charge in [-0.2, -0.15) is 0 Å². The molecule has 0 aromatic heterocycles. The van der Waals surface area contributed by atoms with Crippen LogP contribution in [0.5, 0.6) is 17.2 Å². The molecular weight excluding hydrogens is 408 g/mol. The predicted octanol–water partition coefficient (Wildman–Crippen LogP) is 3.87. The number of anilines is 1. The van der Waals surface area contributed by atoms with Crippen molar-refractivity contribution in [3.63, 3.8) is 0 Å². The Kier molecular flexibility index (Phi) is 6.35. The number of benzene rings is 2. The van der Waals surface area contributed by atoms with Gasteiger partial charge in [-0.15, -0.1) is 0 Å². The Morgan fingerprint density at radius 1 is 0.875 bits per heavy atom. The van der Waals surface area contributed by atoms with Crippen LogP contribution in [0, 0.1) is 0 Å². The van der Waals surface area contributed by atoms with E-state index in [0.717, 1.165) is 32.4 Å². The van der Waals surface area contributed by atoms with E-state index in [-0.39, 0.29) is 11.8 Å². The van der Waals surface area contributed by atoms with Crippen LogP contribution in [0.1, 0.15) is 31.7 Å². The molecule has 0 radical (unpaired) electrons. The third-order valence-corrected chi connectivity index (χ3v) is 5.79. The summed E-state index contributed by atoms with van der Waals surface area (Å²) in [5.41, 5.74) is 1.96. The number of hydrogen-bond acceptors (Lipinski definition) is 6. The maximum Gasteiger partial charge on any atom is 0.282 e. The van der Waals surface area contributed by atoms with Gasteiger partial charge in [-0.25, -0.2) is 4.90 Å². The Balaban J connectivity index is 1.82. The summed E-state index contributed by atoms with van der Waals surface area (Å²) in [7, 11) is 3.11. The summed E-state index contributed by atoms with van der Waals surface area (Å²) < 4.78 is 16.4. The highest BCUT2D eigenvalue weighted by Gasteiger charge is 2.43. The first-order chi connectivity index (χ1) is 15.6. The molecule has 2 aromatic rings. The molecular formula is C25H28N2O5. The zero-order valence-electron chi connectivity index (χ0n) is 18.7. The lowest BCUT2D eigenvalue weighted by atomic mass is 10.0. The normalized spacial score (nSPS) is 16.6. The van der Waals surface area contributed by atoms with E-state index in [1.807, 2.05) is 17.9 Å². The van der Waals surface area contributed by atoms with Crippen LogP contribution in [-0.2, 0) is 9.59 Å². The van der Waals surface area contributed by atoms with Crippen LogP contribution < -0.4 is 19.1 Å². The van der Waals surface area contributed by atoms with E-state index in [0.29, 0.717) is 46.4 Å². The number of amides is 2. The van der Waals surface area contributed by atoms with E-state index in [1.165, 1.54) is 4.90 Å². The molecule has 2 heterocycles. The largest absolute Gasteiger partial charge is 0.494 e. The molecule has 0 N–H and O–H groups in total. The van der Waals surface area contributed by atoms with Gasteiger partial charge in [-0.1, -0.05) is 12.1 Å². The molecule has 7 nitrogen and oxygen atoms in total. The first-order valence-electron chi connectivity index (χ1n) is 10.9. The van der Waals surface area contributed by atoms with Gasteiger partial charge in [-0.05, 0) is 56.0 Å². The number of rotatable bonds is 7. The number of piperidine rings is 1. The lowest BCUT2D eigenvalue weighted by Gasteiger charge is -2.29. The number of nitrogens with zero attached hydrogens (tertiary/aromatic N) is 2. The van der Waals surface area contributed by atoms with Gasteiger partial charge in [0.15, 0.2) is 11.5 Å². The van der Waals surface area contributed by atoms with Gasteiger partial charge in [0.1, 0.15) is 11.4 Å². The lowest BCUT2D eigenvalue weighted by molar-refractivity contribution is -0.120. The van der Waals surface area contributed by atoms with E-state index < -0.39 is 0 Å². The highest BCUT2D eigenvalue weighted by Crippen LogP contribution is 2.39. The molecule has 32 heavy (non-hydrogen) atoms. The Hall–Kier alpha value is -3.48. The van der Waals surface area contributed by atoms with Crippen molar-refractivity contribution in [3.05, 3.63) is 53.7 Å². The maximum absolute atomic E-state index is 13.7. The molecule has 0 spiro atoms. The number of imide groups is 1. The Morgan fingerprint density at radius 3 is 2.31 bits per heavy atom. The molecule has 4 rings (SSSR count). The van der Waals surface area contributed by atoms with Crippen LogP contribution in [-0.4, -0.2) is 50.6 Å². The molecule has 0 saturated carbocycles. The molecule has 168 valence electrons. The topological polar surface area (TPSA) is 68.3 Å². The van der Waals surface area contributed by atoms with Gasteiger partial charge >= 0.3 is 0 Å². The van der Waals surface area contributed by atoms with Crippen LogP contribution in [0.3, 0.4) is 0 Å². The summed E-state index contributed by atoms with van der Waals surface area (Å²) in [6.07, 6.45) is 3.10. The van der Waals surface area contributed by atoms with Crippen molar-refractivity contribution >= 4 is 23.1 Å². The van der Waals surface area contributed by atoms with Crippen molar-refractivity contribution in [2.45, 2.75) is 26.2 Å². The number of carbonyl (C=O) groups excluding carboxylic acids is 2. The minimum Gasteiger partial charge on any atom is -0.494 e. The first kappa shape index (κ1) is 21.7. The number of methoxy groups -OCH3 is 2. The van der Waals surface area contributed by atoms with E-state index in [4.69, 9.17) is 14.2 Å². The smallest absolute Gasteiger partial charge is 0.282 e. The summed E-state index contributed by atoms with van der Waals surface area (Å²) in [5.74, 6) is 1.03. The van der Waals surface area contributed by atoms with Gasteiger partial charge in [0.2, 0.25) is 0 Å². The van der Waals surface area contributed by atoms with Crippen molar-refractivity contribution in [1.82, 2.24) is 4.90 Å². The van der Waals surface area contributed by atoms with Gasteiger partial charge in [0, 0.05) is 19.2 Å². The monoisotopic (exact) mass is 436 g/mol. The van der Waals surface area contributed by atoms with Crippen LogP contribution in [0.2, 0.25) is 0 Å². The second-order valence-electron chi connectivity index (χ2n) is 7.72. The summed E-state index contributed by atoms with van der Waals surface area (Å²) >= 11 is 0. The summed E-state index contributed by atoms with van der Waals surface area (Å²) in [6.45, 7) is 3.89. The zero-order valence-corrected chi connectivity index (χ0v) is 18.7. The van der Waals surface area contributed by atoms with E-state index >= 15 is 0 Å². The fourth-order valence-corrected chi connectivity index (χ4v) is 4.29. The standard InChI is InChI=1S/C25H28N2O5/c1-4-32-19-10-8-9-18(16-19)27-24(28)22(17-11-12-20(30-2)21(15-17)31-3)23(25(27)29)26-13-6-5-7-14-26/h8-12,15-16H,4-7,13-14H2,1-3H3. The van der Waals surface area contributed by atoms with Gasteiger partial charge in [0.05, 0.1) is 32.1 Å². The van der Waals surface area contributed by atoms with Crippen molar-refractivity contribution in [2.24, 2.45) is 0 Å². The second-order valence-corrected chi connectivity index (χ2v) is 7.72. The molecule has 7 heteroatoms. The van der Waals surface area contributed by atoms with Crippen LogP contribution >= 0.6 is 0 Å². The number of carbonyl (C=O) groups is 2. The van der Waals surface area contributed by atoms with Gasteiger partial charge in [0.25, 0.3) is 11.8 Å². The van der Waals surface area contributed by atoms with Crippen LogP contribution in [0.25, 0.3) is 5.57 Å². The first-order valence-corrected chi connectivity index (χ1v) is 10.9. The lowest BCUT2D eigenvalue weighted by Crippen LogP contribution is -2.37. The van der Waals surface area contributed by atoms with Crippen molar-refractivity contribution in [2.75, 3.05) is 38.8 Å². The fraction of sp³-hybridized carbons (Fsp3) is 0.360. The summed E-state index contributed by atoms with van der Waals surface area (Å²) in [5, 5.41) is 0. The van der Waals surface area contributed by atoms with Crippen molar-refractivity contribution in [3.8, 4) is 17.2 Å². The minimum atomic E-state index is -0.351. The Morgan fingerprint density at radius 2 is 1.62 bits per heavy atom. The molecule has 2 amide bonds. The third-order valence-electron chi connectivity index (χ3n) is 5.79. The highest BCUT2D eigenvalue weighted by molar-refractivity contribution is 6.45. The molecule has 1 saturated heterocycles. The SMILES string of the molecule is CCOc1cccc(N2C(=O)C(c3ccc(OC)c(OC)c3)=C(N3CCCCC3)C2=O)c1. The van der Waals surface area contributed by atoms with E-state index in [2.05, 4.69) is 0 Å². The van der Waals surface area contributed by atoms with E-state index in [1.54, 1.807) is 50.6 Å². The number of hydrogen-bond donors (Lipinski definition) is 0. The zero-order chi connectivity index (χ0) is 22.7. The maximum atomic E-state index is 13.7. The second kappa shape index (κ2) is 9.34. The summed E-state index contributed by atoms with van der Waals surface area (Å²) in [4.78, 5) is 30.6. The molecule has 2 aliphatic rings. The average molecular weight is 437 g/mol. The minimum absolute atomic E-state index is 0.310. The van der Waals surface area contributed by atoms with Crippen LogP contribution in [0.15, 0.2) is 48.2 Å². The van der Waals surface area contributed by atoms with Crippen LogP contribution in [0.4, 0.5) is 5.69 Å². The highest BCUT2D eigenvalue weighted by atomic mass is 16.5. The van der Waals surface area contributed by atoms with Crippen molar-refractivity contribution < 1.29 is 23.8 Å². The molecule has 2 aliphatic heterocycles. The Bertz CT molecular complexity index is 1060. The quantitative estimate of drug-likeness (QED) is 0.614. The number of ether oxygens (including phenoxy) is 3.